The Hall–Kier alpha value is -2.55. The first kappa shape index (κ1) is 15.3. The van der Waals surface area contributed by atoms with Crippen LogP contribution in [0.1, 0.15) is 33.9 Å². The zero-order chi connectivity index (χ0) is 16.6. The van der Waals surface area contributed by atoms with E-state index in [-0.39, 0.29) is 18.7 Å². The Labute approximate surface area is 134 Å². The lowest BCUT2D eigenvalue weighted by Crippen LogP contribution is -2.21. The molecule has 0 saturated heterocycles. The summed E-state index contributed by atoms with van der Waals surface area (Å²) in [6.07, 6.45) is 1.41. The fourth-order valence-corrected chi connectivity index (χ4v) is 3.24. The number of esters is 1. The van der Waals surface area contributed by atoms with Gasteiger partial charge >= 0.3 is 5.97 Å². The van der Waals surface area contributed by atoms with Crippen LogP contribution in [0.5, 0.6) is 0 Å². The number of nitrogens with zero attached hydrogens (tertiary/aromatic N) is 4. The van der Waals surface area contributed by atoms with Gasteiger partial charge in [-0.2, -0.15) is 0 Å². The number of aryl methyl sites for hydroxylation is 2. The summed E-state index contributed by atoms with van der Waals surface area (Å²) in [5, 5.41) is 8.01. The number of hydrogen-bond acceptors (Lipinski definition) is 8. The van der Waals surface area contributed by atoms with Gasteiger partial charge in [0.15, 0.2) is 0 Å². The second-order valence-corrected chi connectivity index (χ2v) is 5.85. The van der Waals surface area contributed by atoms with Crippen LogP contribution in [-0.4, -0.2) is 32.3 Å². The molecule has 0 amide bonds. The molecule has 3 aromatic rings. The molecule has 3 rings (SSSR count). The molecule has 0 aliphatic carbocycles. The highest BCUT2D eigenvalue weighted by atomic mass is 32.1. The lowest BCUT2D eigenvalue weighted by molar-refractivity contribution is 0.0531. The average Bonchev–Trinajstić information content (AvgIpc) is 3.06. The molecule has 0 aliphatic rings. The molecular formula is C14H14N4O4S. The highest BCUT2D eigenvalue weighted by Gasteiger charge is 2.20. The van der Waals surface area contributed by atoms with Gasteiger partial charge in [0.05, 0.1) is 18.3 Å². The molecule has 3 heterocycles. The monoisotopic (exact) mass is 334 g/mol. The van der Waals surface area contributed by atoms with E-state index in [1.54, 1.807) is 20.8 Å². The molecule has 0 radical (unpaired) electrons. The lowest BCUT2D eigenvalue weighted by atomic mass is 10.2. The predicted molar refractivity (Wildman–Crippen MR) is 82.7 cm³/mol. The summed E-state index contributed by atoms with van der Waals surface area (Å²) in [5.74, 6) is 0.314. The third-order valence-corrected chi connectivity index (χ3v) is 4.43. The first-order chi connectivity index (χ1) is 11.0. The van der Waals surface area contributed by atoms with E-state index in [9.17, 15) is 9.59 Å². The van der Waals surface area contributed by atoms with Crippen molar-refractivity contribution in [1.29, 1.82) is 0 Å². The van der Waals surface area contributed by atoms with Crippen molar-refractivity contribution in [2.45, 2.75) is 27.3 Å². The number of carbonyl (C=O) groups excluding carboxylic acids is 1. The van der Waals surface area contributed by atoms with Crippen LogP contribution in [-0.2, 0) is 11.3 Å². The van der Waals surface area contributed by atoms with E-state index in [0.717, 1.165) is 11.3 Å². The van der Waals surface area contributed by atoms with Crippen molar-refractivity contribution in [2.24, 2.45) is 0 Å². The van der Waals surface area contributed by atoms with E-state index >= 15 is 0 Å². The van der Waals surface area contributed by atoms with Gasteiger partial charge in [-0.1, -0.05) is 0 Å². The van der Waals surface area contributed by atoms with E-state index in [1.807, 2.05) is 0 Å². The van der Waals surface area contributed by atoms with Crippen molar-refractivity contribution in [3.8, 4) is 0 Å². The van der Waals surface area contributed by atoms with Crippen LogP contribution in [0.2, 0.25) is 0 Å². The van der Waals surface area contributed by atoms with Crippen molar-refractivity contribution >= 4 is 27.5 Å². The molecular weight excluding hydrogens is 320 g/mol. The summed E-state index contributed by atoms with van der Waals surface area (Å²) >= 11 is 1.15. The molecule has 0 bridgehead atoms. The molecule has 3 aromatic heterocycles. The highest BCUT2D eigenvalue weighted by Crippen LogP contribution is 2.27. The second-order valence-electron chi connectivity index (χ2n) is 4.85. The topological polar surface area (TPSA) is 100 Å². The molecule has 9 heteroatoms. The Balaban J connectivity index is 2.06. The lowest BCUT2D eigenvalue weighted by Gasteiger charge is -2.02. The molecule has 0 aromatic carbocycles. The summed E-state index contributed by atoms with van der Waals surface area (Å²) in [6, 6.07) is 0. The van der Waals surface area contributed by atoms with Crippen LogP contribution in [0.15, 0.2) is 15.5 Å². The standard InChI is InChI=1S/C14H14N4O4S/c1-4-21-14(20)11-7(2)10-12(23-11)15-6-18(13(10)19)5-9-17-16-8(3)22-9/h6H,4-5H2,1-3H3. The molecule has 120 valence electrons. The summed E-state index contributed by atoms with van der Waals surface area (Å²) < 4.78 is 11.7. The molecule has 0 aliphatic heterocycles. The Morgan fingerprint density at radius 1 is 1.39 bits per heavy atom. The van der Waals surface area contributed by atoms with Crippen LogP contribution in [0.3, 0.4) is 0 Å². The number of rotatable bonds is 4. The Morgan fingerprint density at radius 3 is 2.83 bits per heavy atom. The van der Waals surface area contributed by atoms with Crippen LogP contribution < -0.4 is 5.56 Å². The SMILES string of the molecule is CCOC(=O)c1sc2ncn(Cc3nnc(C)o3)c(=O)c2c1C. The molecule has 8 nitrogen and oxygen atoms in total. The van der Waals surface area contributed by atoms with Gasteiger partial charge in [-0.3, -0.25) is 9.36 Å². The van der Waals surface area contributed by atoms with E-state index in [1.165, 1.54) is 10.9 Å². The summed E-state index contributed by atoms with van der Waals surface area (Å²) in [5.41, 5.74) is 0.326. The fourth-order valence-electron chi connectivity index (χ4n) is 2.21. The van der Waals surface area contributed by atoms with Crippen LogP contribution in [0.25, 0.3) is 10.2 Å². The second kappa shape index (κ2) is 5.92. The molecule has 0 fully saturated rings. The van der Waals surface area contributed by atoms with Crippen LogP contribution >= 0.6 is 11.3 Å². The van der Waals surface area contributed by atoms with Gasteiger partial charge in [0.2, 0.25) is 11.8 Å². The van der Waals surface area contributed by atoms with E-state index in [2.05, 4.69) is 15.2 Å². The molecule has 0 saturated carbocycles. The average molecular weight is 334 g/mol. The number of thiophene rings is 1. The zero-order valence-electron chi connectivity index (χ0n) is 12.8. The van der Waals surface area contributed by atoms with Gasteiger partial charge in [-0.15, -0.1) is 21.5 Å². The number of aromatic nitrogens is 4. The largest absolute Gasteiger partial charge is 0.462 e. The third kappa shape index (κ3) is 2.74. The highest BCUT2D eigenvalue weighted by molar-refractivity contribution is 7.20. The van der Waals surface area contributed by atoms with Crippen LogP contribution in [0, 0.1) is 13.8 Å². The van der Waals surface area contributed by atoms with Crippen molar-refractivity contribution in [2.75, 3.05) is 6.61 Å². The Bertz CT molecular complexity index is 940. The normalized spacial score (nSPS) is 11.1. The smallest absolute Gasteiger partial charge is 0.348 e. The number of carbonyl (C=O) groups is 1. The molecule has 0 N–H and O–H groups in total. The van der Waals surface area contributed by atoms with Crippen molar-refractivity contribution in [3.63, 3.8) is 0 Å². The van der Waals surface area contributed by atoms with Gasteiger partial charge in [-0.25, -0.2) is 9.78 Å². The third-order valence-electron chi connectivity index (χ3n) is 3.25. The van der Waals surface area contributed by atoms with Crippen LogP contribution in [0.4, 0.5) is 0 Å². The first-order valence-corrected chi connectivity index (χ1v) is 7.77. The van der Waals surface area contributed by atoms with Gasteiger partial charge < -0.3 is 9.15 Å². The molecule has 0 spiro atoms. The molecule has 23 heavy (non-hydrogen) atoms. The van der Waals surface area contributed by atoms with Gasteiger partial charge in [0, 0.05) is 6.92 Å². The Kier molecular flexibility index (Phi) is 3.95. The van der Waals surface area contributed by atoms with Gasteiger partial charge in [-0.05, 0) is 19.4 Å². The van der Waals surface area contributed by atoms with Gasteiger partial charge in [0.25, 0.3) is 5.56 Å². The first-order valence-electron chi connectivity index (χ1n) is 6.96. The van der Waals surface area contributed by atoms with Crippen molar-refractivity contribution < 1.29 is 13.9 Å². The minimum atomic E-state index is -0.438. The minimum absolute atomic E-state index is 0.132. The quantitative estimate of drug-likeness (QED) is 0.669. The summed E-state index contributed by atoms with van der Waals surface area (Å²) in [7, 11) is 0. The van der Waals surface area contributed by atoms with E-state index in [0.29, 0.717) is 32.4 Å². The predicted octanol–water partition coefficient (Wildman–Crippen LogP) is 1.68. The number of hydrogen-bond donors (Lipinski definition) is 0. The maximum atomic E-state index is 12.6. The molecule has 0 atom stereocenters. The zero-order valence-corrected chi connectivity index (χ0v) is 13.6. The molecule has 0 unspecified atom stereocenters. The maximum Gasteiger partial charge on any atom is 0.348 e. The van der Waals surface area contributed by atoms with Gasteiger partial charge in [0.1, 0.15) is 16.3 Å². The number of ether oxygens (including phenoxy) is 1. The summed E-state index contributed by atoms with van der Waals surface area (Å²) in [6.45, 7) is 5.54. The minimum Gasteiger partial charge on any atom is -0.462 e. The summed E-state index contributed by atoms with van der Waals surface area (Å²) in [4.78, 5) is 29.7. The van der Waals surface area contributed by atoms with Crippen molar-refractivity contribution in [1.82, 2.24) is 19.7 Å². The van der Waals surface area contributed by atoms with E-state index < -0.39 is 5.97 Å². The van der Waals surface area contributed by atoms with Crippen molar-refractivity contribution in [3.05, 3.63) is 38.9 Å². The van der Waals surface area contributed by atoms with E-state index in [4.69, 9.17) is 9.15 Å². The number of fused-ring (bicyclic) bond motifs is 1. The Morgan fingerprint density at radius 2 is 2.17 bits per heavy atom. The maximum absolute atomic E-state index is 12.6. The fraction of sp³-hybridized carbons (Fsp3) is 0.357.